The Morgan fingerprint density at radius 1 is 0.947 bits per heavy atom. The zero-order valence-corrected chi connectivity index (χ0v) is 11.8. The van der Waals surface area contributed by atoms with E-state index in [0.29, 0.717) is 10.0 Å². The minimum atomic E-state index is -0.755. The second-order valence-electron chi connectivity index (χ2n) is 3.83. The molecule has 0 amide bonds. The first kappa shape index (κ1) is 14.4. The molecule has 1 N–H and O–H groups in total. The van der Waals surface area contributed by atoms with Crippen LogP contribution in [0, 0.1) is 11.6 Å². The summed E-state index contributed by atoms with van der Waals surface area (Å²) in [6, 6.07) is 6.77. The Balaban J connectivity index is 2.19. The maximum absolute atomic E-state index is 13.5. The molecule has 2 aromatic carbocycles. The van der Waals surface area contributed by atoms with Gasteiger partial charge >= 0.3 is 0 Å². The molecular formula is C13H8Cl3F2N. The average molecular weight is 323 g/mol. The zero-order chi connectivity index (χ0) is 14.0. The maximum Gasteiger partial charge on any atom is 0.150 e. The van der Waals surface area contributed by atoms with E-state index >= 15 is 0 Å². The van der Waals surface area contributed by atoms with E-state index < -0.39 is 11.6 Å². The van der Waals surface area contributed by atoms with E-state index in [0.717, 1.165) is 17.7 Å². The Morgan fingerprint density at radius 2 is 1.68 bits per heavy atom. The first-order valence-corrected chi connectivity index (χ1v) is 6.43. The van der Waals surface area contributed by atoms with Crippen molar-refractivity contribution in [3.05, 3.63) is 62.6 Å². The molecule has 6 heteroatoms. The van der Waals surface area contributed by atoms with Crippen LogP contribution in [0.3, 0.4) is 0 Å². The van der Waals surface area contributed by atoms with Crippen LogP contribution in [0.25, 0.3) is 0 Å². The summed E-state index contributed by atoms with van der Waals surface area (Å²) >= 11 is 17.5. The summed E-state index contributed by atoms with van der Waals surface area (Å²) in [5, 5.41) is 3.73. The molecule has 0 spiro atoms. The summed E-state index contributed by atoms with van der Waals surface area (Å²) < 4.78 is 26.4. The van der Waals surface area contributed by atoms with Crippen LogP contribution in [0.4, 0.5) is 14.5 Å². The van der Waals surface area contributed by atoms with Gasteiger partial charge in [-0.05, 0) is 23.8 Å². The van der Waals surface area contributed by atoms with Gasteiger partial charge in [0.2, 0.25) is 0 Å². The summed E-state index contributed by atoms with van der Waals surface area (Å²) in [5.74, 6) is -1.48. The molecule has 19 heavy (non-hydrogen) atoms. The van der Waals surface area contributed by atoms with Gasteiger partial charge in [0, 0.05) is 22.7 Å². The lowest BCUT2D eigenvalue weighted by Gasteiger charge is -2.11. The fraction of sp³-hybridized carbons (Fsp3) is 0.0769. The predicted octanol–water partition coefficient (Wildman–Crippen LogP) is 5.54. The summed E-state index contributed by atoms with van der Waals surface area (Å²) in [6.07, 6.45) is 0. The van der Waals surface area contributed by atoms with Gasteiger partial charge in [0.15, 0.2) is 5.82 Å². The summed E-state index contributed by atoms with van der Waals surface area (Å²) in [5.41, 5.74) is 0.764. The molecule has 1 nitrogen and oxygen atoms in total. The monoisotopic (exact) mass is 321 g/mol. The Morgan fingerprint density at radius 3 is 2.32 bits per heavy atom. The molecule has 2 aromatic rings. The van der Waals surface area contributed by atoms with E-state index in [1.165, 1.54) is 0 Å². The minimum absolute atomic E-state index is 0.0254. The molecule has 0 radical (unpaired) electrons. The molecule has 0 fully saturated rings. The smallest absolute Gasteiger partial charge is 0.150 e. The lowest BCUT2D eigenvalue weighted by Crippen LogP contribution is -2.03. The SMILES string of the molecule is Fc1cc(F)c(NCc2ccc(Cl)cc2Cl)c(Cl)c1. The molecule has 0 heterocycles. The lowest BCUT2D eigenvalue weighted by molar-refractivity contribution is 0.585. The van der Waals surface area contributed by atoms with Crippen molar-refractivity contribution in [3.8, 4) is 0 Å². The van der Waals surface area contributed by atoms with Crippen LogP contribution in [0.1, 0.15) is 5.56 Å². The first-order chi connectivity index (χ1) is 8.97. The van der Waals surface area contributed by atoms with Crippen molar-refractivity contribution < 1.29 is 8.78 Å². The van der Waals surface area contributed by atoms with E-state index in [2.05, 4.69) is 5.32 Å². The average Bonchev–Trinajstić information content (AvgIpc) is 2.30. The van der Waals surface area contributed by atoms with Gasteiger partial charge in [-0.3, -0.25) is 0 Å². The van der Waals surface area contributed by atoms with Crippen molar-refractivity contribution in [2.24, 2.45) is 0 Å². The van der Waals surface area contributed by atoms with Gasteiger partial charge < -0.3 is 5.32 Å². The normalized spacial score (nSPS) is 10.6. The number of rotatable bonds is 3. The van der Waals surface area contributed by atoms with Crippen molar-refractivity contribution >= 4 is 40.5 Å². The molecular weight excluding hydrogens is 315 g/mol. The molecule has 0 aliphatic rings. The molecule has 0 bridgehead atoms. The highest BCUT2D eigenvalue weighted by Crippen LogP contribution is 2.28. The van der Waals surface area contributed by atoms with Crippen LogP contribution in [0.2, 0.25) is 15.1 Å². The number of benzene rings is 2. The largest absolute Gasteiger partial charge is 0.377 e. The second kappa shape index (κ2) is 5.95. The Bertz CT molecular complexity index is 594. The Hall–Kier alpha value is -1.03. The van der Waals surface area contributed by atoms with Crippen LogP contribution in [0.15, 0.2) is 30.3 Å². The van der Waals surface area contributed by atoms with Gasteiger partial charge in [0.25, 0.3) is 0 Å². The van der Waals surface area contributed by atoms with Crippen molar-refractivity contribution in [2.75, 3.05) is 5.32 Å². The lowest BCUT2D eigenvalue weighted by atomic mass is 10.2. The van der Waals surface area contributed by atoms with E-state index in [1.807, 2.05) is 0 Å². The van der Waals surface area contributed by atoms with Gasteiger partial charge in [-0.2, -0.15) is 0 Å². The highest BCUT2D eigenvalue weighted by Gasteiger charge is 2.10. The van der Waals surface area contributed by atoms with Crippen molar-refractivity contribution in [2.45, 2.75) is 6.54 Å². The maximum atomic E-state index is 13.5. The number of nitrogens with one attached hydrogen (secondary N) is 1. The van der Waals surface area contributed by atoms with E-state index in [1.54, 1.807) is 18.2 Å². The van der Waals surface area contributed by atoms with Crippen LogP contribution in [-0.4, -0.2) is 0 Å². The topological polar surface area (TPSA) is 12.0 Å². The third kappa shape index (κ3) is 3.50. The second-order valence-corrected chi connectivity index (χ2v) is 5.08. The highest BCUT2D eigenvalue weighted by molar-refractivity contribution is 6.35. The molecule has 0 aliphatic carbocycles. The Labute approximate surface area is 124 Å². The van der Waals surface area contributed by atoms with Gasteiger partial charge in [-0.1, -0.05) is 40.9 Å². The quantitative estimate of drug-likeness (QED) is 0.782. The fourth-order valence-electron chi connectivity index (χ4n) is 1.56. The van der Waals surface area contributed by atoms with Crippen molar-refractivity contribution in [1.82, 2.24) is 0 Å². The van der Waals surface area contributed by atoms with Gasteiger partial charge in [-0.25, -0.2) is 8.78 Å². The fourth-order valence-corrected chi connectivity index (χ4v) is 2.30. The third-order valence-corrected chi connectivity index (χ3v) is 3.36. The number of hydrogen-bond donors (Lipinski definition) is 1. The molecule has 0 aromatic heterocycles. The summed E-state index contributed by atoms with van der Waals surface area (Å²) in [6.45, 7) is 0.248. The molecule has 100 valence electrons. The zero-order valence-electron chi connectivity index (χ0n) is 9.48. The van der Waals surface area contributed by atoms with E-state index in [4.69, 9.17) is 34.8 Å². The minimum Gasteiger partial charge on any atom is -0.377 e. The molecule has 2 rings (SSSR count). The Kier molecular flexibility index (Phi) is 4.50. The molecule has 0 saturated carbocycles. The van der Waals surface area contributed by atoms with E-state index in [9.17, 15) is 8.78 Å². The molecule has 0 unspecified atom stereocenters. The molecule has 0 aliphatic heterocycles. The van der Waals surface area contributed by atoms with Crippen LogP contribution in [-0.2, 0) is 6.54 Å². The van der Waals surface area contributed by atoms with Gasteiger partial charge in [0.1, 0.15) is 5.82 Å². The molecule has 0 atom stereocenters. The number of halogens is 5. The van der Waals surface area contributed by atoms with Gasteiger partial charge in [0.05, 0.1) is 10.7 Å². The third-order valence-electron chi connectivity index (χ3n) is 2.48. The van der Waals surface area contributed by atoms with Crippen molar-refractivity contribution in [3.63, 3.8) is 0 Å². The summed E-state index contributed by atoms with van der Waals surface area (Å²) in [4.78, 5) is 0. The van der Waals surface area contributed by atoms with Crippen molar-refractivity contribution in [1.29, 1.82) is 0 Å². The predicted molar refractivity (Wildman–Crippen MR) is 75.2 cm³/mol. The molecule has 0 saturated heterocycles. The van der Waals surface area contributed by atoms with E-state index in [-0.39, 0.29) is 17.3 Å². The van der Waals surface area contributed by atoms with Crippen LogP contribution in [0.5, 0.6) is 0 Å². The summed E-state index contributed by atoms with van der Waals surface area (Å²) in [7, 11) is 0. The van der Waals surface area contributed by atoms with Gasteiger partial charge in [-0.15, -0.1) is 0 Å². The van der Waals surface area contributed by atoms with Crippen LogP contribution >= 0.6 is 34.8 Å². The van der Waals surface area contributed by atoms with Crippen LogP contribution < -0.4 is 5.32 Å². The first-order valence-electron chi connectivity index (χ1n) is 5.29. The number of anilines is 1. The standard InChI is InChI=1S/C13H8Cl3F2N/c14-8-2-1-7(10(15)3-8)6-19-13-11(16)4-9(17)5-12(13)18/h1-5,19H,6H2. The number of hydrogen-bond acceptors (Lipinski definition) is 1. The highest BCUT2D eigenvalue weighted by atomic mass is 35.5.